The summed E-state index contributed by atoms with van der Waals surface area (Å²) in [6.45, 7) is 0. The van der Waals surface area contributed by atoms with Crippen molar-refractivity contribution in [1.29, 1.82) is 0 Å². The molecule has 1 nitrogen and oxygen atoms in total. The molecule has 0 spiro atoms. The minimum atomic E-state index is -0.442. The molecule has 1 heteroatoms. The second-order valence-electron chi connectivity index (χ2n) is 11.0. The molecule has 1 N–H and O–H groups in total. The molecule has 1 aliphatic carbocycles. The molecule has 186 valence electrons. The number of benzene rings is 7. The molecule has 1 heterocycles. The molecule has 0 fully saturated rings. The molecule has 0 saturated carbocycles. The Morgan fingerprint density at radius 3 is 1.70 bits per heavy atom. The second kappa shape index (κ2) is 7.94. The maximum absolute atomic E-state index is 3.77. The zero-order valence-electron chi connectivity index (χ0n) is 21.9. The van der Waals surface area contributed by atoms with Gasteiger partial charge in [0.05, 0.1) is 5.41 Å². The summed E-state index contributed by atoms with van der Waals surface area (Å²) in [5.41, 5.74) is 9.84. The van der Waals surface area contributed by atoms with E-state index >= 15 is 0 Å². The quantitative estimate of drug-likeness (QED) is 0.240. The Morgan fingerprint density at radius 2 is 0.975 bits per heavy atom. The molecule has 0 bridgehead atoms. The Hall–Kier alpha value is -5.14. The van der Waals surface area contributed by atoms with Crippen LogP contribution >= 0.6 is 0 Å². The van der Waals surface area contributed by atoms with Crippen LogP contribution in [-0.4, -0.2) is 4.98 Å². The Labute approximate surface area is 232 Å². The molecule has 0 radical (unpaired) electrons. The largest absolute Gasteiger partial charge is 0.354 e. The highest BCUT2D eigenvalue weighted by molar-refractivity contribution is 6.14. The van der Waals surface area contributed by atoms with Crippen molar-refractivity contribution >= 4 is 43.4 Å². The molecule has 1 aliphatic rings. The number of fused-ring (bicyclic) bond motifs is 9. The average Bonchev–Trinajstić information content (AvgIpc) is 3.52. The van der Waals surface area contributed by atoms with Crippen LogP contribution in [-0.2, 0) is 5.41 Å². The number of rotatable bonds is 2. The van der Waals surface area contributed by atoms with E-state index in [1.165, 1.54) is 76.7 Å². The van der Waals surface area contributed by atoms with E-state index in [0.29, 0.717) is 0 Å². The van der Waals surface area contributed by atoms with E-state index in [4.69, 9.17) is 0 Å². The number of hydrogen-bond acceptors (Lipinski definition) is 0. The lowest BCUT2D eigenvalue weighted by Crippen LogP contribution is -2.28. The van der Waals surface area contributed by atoms with Crippen LogP contribution < -0.4 is 0 Å². The van der Waals surface area contributed by atoms with E-state index in [1.54, 1.807) is 0 Å². The Balaban J connectivity index is 1.50. The predicted molar refractivity (Wildman–Crippen MR) is 168 cm³/mol. The zero-order chi connectivity index (χ0) is 26.3. The monoisotopic (exact) mass is 507 g/mol. The summed E-state index contributed by atoms with van der Waals surface area (Å²) < 4.78 is 0. The molecular weight excluding hydrogens is 482 g/mol. The molecule has 7 aromatic carbocycles. The van der Waals surface area contributed by atoms with Crippen LogP contribution in [0.5, 0.6) is 0 Å². The van der Waals surface area contributed by atoms with Crippen molar-refractivity contribution < 1.29 is 0 Å². The molecule has 0 atom stereocenters. The third-order valence-electron chi connectivity index (χ3n) is 9.01. The summed E-state index contributed by atoms with van der Waals surface area (Å²) in [6, 6.07) is 53.8. The molecule has 0 unspecified atom stereocenters. The van der Waals surface area contributed by atoms with Crippen molar-refractivity contribution in [2.45, 2.75) is 5.41 Å². The SMILES string of the molecule is c1ccc(C2(c3ccccc3)c3cc4c(cc3-c3ccc5ccccc5c32)[nH]c2cc3ccccc3cc24)cc1. The fraction of sp³-hybridized carbons (Fsp3) is 0.0256. The standard InChI is InChI=1S/C39H25N/c1-3-14-28(15-4-1)39(29-16-5-2-6-17-29)35-23-34-33-21-26-12-7-8-13-27(26)22-36(33)40-37(34)24-32(35)31-20-19-25-11-9-10-18-30(25)38(31)39/h1-24,40H. The Kier molecular flexibility index (Phi) is 4.32. The van der Waals surface area contributed by atoms with Crippen molar-refractivity contribution in [2.24, 2.45) is 0 Å². The van der Waals surface area contributed by atoms with E-state index in [2.05, 4.69) is 151 Å². The highest BCUT2D eigenvalue weighted by atomic mass is 14.7. The van der Waals surface area contributed by atoms with E-state index in [0.717, 1.165) is 0 Å². The molecule has 40 heavy (non-hydrogen) atoms. The molecule has 1 aromatic heterocycles. The first-order valence-electron chi connectivity index (χ1n) is 13.9. The second-order valence-corrected chi connectivity index (χ2v) is 11.0. The summed E-state index contributed by atoms with van der Waals surface area (Å²) in [6.07, 6.45) is 0. The molecule has 0 saturated heterocycles. The lowest BCUT2D eigenvalue weighted by Gasteiger charge is -2.34. The van der Waals surface area contributed by atoms with Crippen LogP contribution in [0.2, 0.25) is 0 Å². The van der Waals surface area contributed by atoms with Crippen LogP contribution in [0, 0.1) is 0 Å². The number of aromatic nitrogens is 1. The summed E-state index contributed by atoms with van der Waals surface area (Å²) in [7, 11) is 0. The minimum absolute atomic E-state index is 0.442. The lowest BCUT2D eigenvalue weighted by atomic mass is 9.66. The Bertz CT molecular complexity index is 2220. The van der Waals surface area contributed by atoms with Crippen LogP contribution in [0.25, 0.3) is 54.5 Å². The van der Waals surface area contributed by atoms with Gasteiger partial charge in [0.15, 0.2) is 0 Å². The van der Waals surface area contributed by atoms with E-state index in [-0.39, 0.29) is 0 Å². The van der Waals surface area contributed by atoms with Crippen molar-refractivity contribution in [2.75, 3.05) is 0 Å². The first kappa shape index (κ1) is 21.8. The highest BCUT2D eigenvalue weighted by Gasteiger charge is 2.47. The fourth-order valence-corrected chi connectivity index (χ4v) is 7.35. The maximum Gasteiger partial charge on any atom is 0.0719 e. The van der Waals surface area contributed by atoms with Crippen molar-refractivity contribution in [3.8, 4) is 11.1 Å². The van der Waals surface area contributed by atoms with Crippen molar-refractivity contribution in [3.63, 3.8) is 0 Å². The normalized spacial score (nSPS) is 13.7. The zero-order valence-corrected chi connectivity index (χ0v) is 21.9. The van der Waals surface area contributed by atoms with Gasteiger partial charge in [0, 0.05) is 21.8 Å². The van der Waals surface area contributed by atoms with Crippen LogP contribution in [0.1, 0.15) is 22.3 Å². The molecule has 8 aromatic rings. The molecule has 0 amide bonds. The van der Waals surface area contributed by atoms with Gasteiger partial charge in [-0.2, -0.15) is 0 Å². The topological polar surface area (TPSA) is 15.8 Å². The summed E-state index contributed by atoms with van der Waals surface area (Å²) in [5.74, 6) is 0. The van der Waals surface area contributed by atoms with Gasteiger partial charge < -0.3 is 4.98 Å². The third-order valence-corrected chi connectivity index (χ3v) is 9.01. The summed E-state index contributed by atoms with van der Waals surface area (Å²) >= 11 is 0. The van der Waals surface area contributed by atoms with Gasteiger partial charge in [0.2, 0.25) is 0 Å². The van der Waals surface area contributed by atoms with Gasteiger partial charge in [-0.05, 0) is 79.2 Å². The molecular formula is C39H25N. The average molecular weight is 508 g/mol. The van der Waals surface area contributed by atoms with Crippen LogP contribution in [0.3, 0.4) is 0 Å². The van der Waals surface area contributed by atoms with E-state index < -0.39 is 5.41 Å². The van der Waals surface area contributed by atoms with Gasteiger partial charge in [0.25, 0.3) is 0 Å². The molecule has 9 rings (SSSR count). The van der Waals surface area contributed by atoms with Crippen molar-refractivity contribution in [3.05, 3.63) is 168 Å². The predicted octanol–water partition coefficient (Wildman–Crippen LogP) is 9.99. The van der Waals surface area contributed by atoms with E-state index in [9.17, 15) is 0 Å². The van der Waals surface area contributed by atoms with Crippen LogP contribution in [0.4, 0.5) is 0 Å². The van der Waals surface area contributed by atoms with Gasteiger partial charge >= 0.3 is 0 Å². The maximum atomic E-state index is 3.77. The van der Waals surface area contributed by atoms with Gasteiger partial charge in [-0.1, -0.05) is 121 Å². The fourth-order valence-electron chi connectivity index (χ4n) is 7.35. The molecule has 0 aliphatic heterocycles. The summed E-state index contributed by atoms with van der Waals surface area (Å²) in [4.78, 5) is 3.77. The number of hydrogen-bond donors (Lipinski definition) is 1. The Morgan fingerprint density at radius 1 is 0.400 bits per heavy atom. The van der Waals surface area contributed by atoms with Crippen LogP contribution in [0.15, 0.2) is 146 Å². The first-order chi connectivity index (χ1) is 19.8. The number of aromatic amines is 1. The van der Waals surface area contributed by atoms with E-state index in [1.807, 2.05) is 0 Å². The van der Waals surface area contributed by atoms with Gasteiger partial charge in [0.1, 0.15) is 0 Å². The number of nitrogens with one attached hydrogen (secondary N) is 1. The lowest BCUT2D eigenvalue weighted by molar-refractivity contribution is 0.776. The van der Waals surface area contributed by atoms with Crippen molar-refractivity contribution in [1.82, 2.24) is 4.98 Å². The van der Waals surface area contributed by atoms with Gasteiger partial charge in [-0.25, -0.2) is 0 Å². The summed E-state index contributed by atoms with van der Waals surface area (Å²) in [5, 5.41) is 7.65. The number of H-pyrrole nitrogens is 1. The highest BCUT2D eigenvalue weighted by Crippen LogP contribution is 2.59. The third kappa shape index (κ3) is 2.76. The minimum Gasteiger partial charge on any atom is -0.354 e. The first-order valence-corrected chi connectivity index (χ1v) is 13.9. The van der Waals surface area contributed by atoms with Gasteiger partial charge in [-0.15, -0.1) is 0 Å². The smallest absolute Gasteiger partial charge is 0.0719 e. The van der Waals surface area contributed by atoms with Gasteiger partial charge in [-0.3, -0.25) is 0 Å².